The van der Waals surface area contributed by atoms with E-state index < -0.39 is 6.10 Å². The number of nitrogens with two attached hydrogens (primary N) is 2. The molecule has 8 atom stereocenters. The fourth-order valence-electron chi connectivity index (χ4n) is 6.50. The van der Waals surface area contributed by atoms with Gasteiger partial charge in [0.1, 0.15) is 0 Å². The molecular weight excluding hydrogens is 322 g/mol. The molecule has 0 aromatic carbocycles. The van der Waals surface area contributed by atoms with Crippen molar-refractivity contribution < 1.29 is 5.11 Å². The molecule has 0 aromatic rings. The van der Waals surface area contributed by atoms with Crippen LogP contribution in [0.4, 0.5) is 0 Å². The lowest BCUT2D eigenvalue weighted by Gasteiger charge is -2.59. The van der Waals surface area contributed by atoms with E-state index in [2.05, 4.69) is 26.8 Å². The first-order valence-electron chi connectivity index (χ1n) is 10.9. The Balaban J connectivity index is 2.38. The summed E-state index contributed by atoms with van der Waals surface area (Å²) in [5.74, 6) is 0.889. The number of nitrogens with zero attached hydrogens (tertiary/aromatic N) is 1. The van der Waals surface area contributed by atoms with E-state index in [1.807, 2.05) is 6.92 Å². The van der Waals surface area contributed by atoms with Crippen molar-refractivity contribution in [2.75, 3.05) is 0 Å². The van der Waals surface area contributed by atoms with Crippen molar-refractivity contribution in [2.45, 2.75) is 103 Å². The van der Waals surface area contributed by atoms with E-state index in [1.165, 1.54) is 0 Å². The molecular formula is C22H41N3O. The van der Waals surface area contributed by atoms with Crippen LogP contribution in [0.5, 0.6) is 0 Å². The molecule has 7 unspecified atom stereocenters. The summed E-state index contributed by atoms with van der Waals surface area (Å²) in [6.45, 7) is 8.58. The maximum atomic E-state index is 11.5. The van der Waals surface area contributed by atoms with Gasteiger partial charge in [-0.2, -0.15) is 5.26 Å². The summed E-state index contributed by atoms with van der Waals surface area (Å²) >= 11 is 0. The van der Waals surface area contributed by atoms with Gasteiger partial charge in [0.25, 0.3) is 0 Å². The predicted molar refractivity (Wildman–Crippen MR) is 107 cm³/mol. The van der Waals surface area contributed by atoms with Crippen LogP contribution in [0.1, 0.15) is 85.5 Å². The Morgan fingerprint density at radius 2 is 1.92 bits per heavy atom. The lowest BCUT2D eigenvalue weighted by Crippen LogP contribution is -2.68. The number of nitriles is 1. The van der Waals surface area contributed by atoms with E-state index in [0.29, 0.717) is 11.8 Å². The van der Waals surface area contributed by atoms with Gasteiger partial charge in [0.15, 0.2) is 0 Å². The average molecular weight is 364 g/mol. The summed E-state index contributed by atoms with van der Waals surface area (Å²) in [5, 5.41) is 21.4. The summed E-state index contributed by atoms with van der Waals surface area (Å²) in [5.41, 5.74) is 12.5. The molecule has 0 aliphatic heterocycles. The Hall–Kier alpha value is -0.630. The van der Waals surface area contributed by atoms with Gasteiger partial charge < -0.3 is 16.6 Å². The molecule has 26 heavy (non-hydrogen) atoms. The third kappa shape index (κ3) is 3.55. The topological polar surface area (TPSA) is 96.1 Å². The number of aliphatic hydroxyl groups is 1. The first-order valence-corrected chi connectivity index (χ1v) is 10.9. The predicted octanol–water partition coefficient (Wildman–Crippen LogP) is 3.96. The molecule has 0 radical (unpaired) electrons. The van der Waals surface area contributed by atoms with Gasteiger partial charge in [0.05, 0.1) is 18.1 Å². The van der Waals surface area contributed by atoms with Gasteiger partial charge in [0.2, 0.25) is 0 Å². The van der Waals surface area contributed by atoms with Gasteiger partial charge >= 0.3 is 0 Å². The van der Waals surface area contributed by atoms with Crippen LogP contribution < -0.4 is 11.5 Å². The fraction of sp³-hybridized carbons (Fsp3) is 0.955. The summed E-state index contributed by atoms with van der Waals surface area (Å²) in [4.78, 5) is 0. The maximum absolute atomic E-state index is 11.5. The smallest absolute Gasteiger partial charge is 0.0659 e. The minimum atomic E-state index is -0.443. The van der Waals surface area contributed by atoms with Crippen LogP contribution in [0.3, 0.4) is 0 Å². The number of rotatable bonds is 8. The highest BCUT2D eigenvalue weighted by Crippen LogP contribution is 2.63. The molecule has 0 aromatic heterocycles. The van der Waals surface area contributed by atoms with Gasteiger partial charge in [-0.25, -0.2) is 0 Å². The van der Waals surface area contributed by atoms with E-state index in [0.717, 1.165) is 57.8 Å². The van der Waals surface area contributed by atoms with Crippen molar-refractivity contribution in [2.24, 2.45) is 40.6 Å². The Bertz CT molecular complexity index is 502. The van der Waals surface area contributed by atoms with Gasteiger partial charge in [-0.05, 0) is 63.2 Å². The lowest BCUT2D eigenvalue weighted by atomic mass is 9.48. The van der Waals surface area contributed by atoms with Crippen molar-refractivity contribution in [1.82, 2.24) is 0 Å². The lowest BCUT2D eigenvalue weighted by molar-refractivity contribution is -0.122. The molecule has 5 N–H and O–H groups in total. The van der Waals surface area contributed by atoms with Crippen molar-refractivity contribution in [3.8, 4) is 6.07 Å². The van der Waals surface area contributed by atoms with Crippen molar-refractivity contribution in [3.63, 3.8) is 0 Å². The zero-order valence-electron chi connectivity index (χ0n) is 17.4. The van der Waals surface area contributed by atoms with E-state index in [4.69, 9.17) is 11.5 Å². The zero-order valence-corrected chi connectivity index (χ0v) is 17.4. The SMILES string of the molecule is CCCC1C(CC)C(C#N)CC2(C(O)[C@@H](C)CCC(C)N)CCCC12N. The van der Waals surface area contributed by atoms with Crippen LogP contribution in [0.2, 0.25) is 0 Å². The second-order valence-electron chi connectivity index (χ2n) is 9.43. The molecule has 4 nitrogen and oxygen atoms in total. The third-order valence-corrected chi connectivity index (χ3v) is 7.84. The van der Waals surface area contributed by atoms with Gasteiger partial charge in [-0.15, -0.1) is 0 Å². The highest BCUT2D eigenvalue weighted by atomic mass is 16.3. The number of hydrogen-bond donors (Lipinski definition) is 3. The number of hydrogen-bond acceptors (Lipinski definition) is 4. The van der Waals surface area contributed by atoms with E-state index >= 15 is 0 Å². The minimum Gasteiger partial charge on any atom is -0.392 e. The van der Waals surface area contributed by atoms with Crippen LogP contribution >= 0.6 is 0 Å². The van der Waals surface area contributed by atoms with Crippen LogP contribution in [-0.2, 0) is 0 Å². The van der Waals surface area contributed by atoms with Crippen molar-refractivity contribution in [3.05, 3.63) is 0 Å². The molecule has 0 amide bonds. The van der Waals surface area contributed by atoms with Gasteiger partial charge in [-0.1, -0.05) is 40.0 Å². The van der Waals surface area contributed by atoms with Gasteiger partial charge in [0, 0.05) is 17.0 Å². The van der Waals surface area contributed by atoms with Crippen LogP contribution in [-0.4, -0.2) is 22.8 Å². The Kier molecular flexibility index (Phi) is 7.16. The highest BCUT2D eigenvalue weighted by Gasteiger charge is 2.65. The summed E-state index contributed by atoms with van der Waals surface area (Å²) in [7, 11) is 0. The second-order valence-corrected chi connectivity index (χ2v) is 9.43. The van der Waals surface area contributed by atoms with Gasteiger partial charge in [-0.3, -0.25) is 0 Å². The number of fused-ring (bicyclic) bond motifs is 1. The molecule has 2 aliphatic carbocycles. The Morgan fingerprint density at radius 1 is 1.23 bits per heavy atom. The second kappa shape index (κ2) is 8.59. The monoisotopic (exact) mass is 363 g/mol. The first-order chi connectivity index (χ1) is 12.3. The molecule has 0 saturated heterocycles. The molecule has 2 aliphatic rings. The van der Waals surface area contributed by atoms with Crippen molar-refractivity contribution >= 4 is 0 Å². The average Bonchev–Trinajstić information content (AvgIpc) is 2.96. The molecule has 0 spiro atoms. The van der Waals surface area contributed by atoms with E-state index in [9.17, 15) is 10.4 Å². The third-order valence-electron chi connectivity index (χ3n) is 7.84. The Labute approximate surface area is 160 Å². The molecule has 150 valence electrons. The maximum Gasteiger partial charge on any atom is 0.0659 e. The standard InChI is InChI=1S/C22H41N3O/c1-5-8-19-18(6-2)17(14-23)13-21(11-7-12-22(19,21)25)20(26)15(3)9-10-16(4)24/h15-20,26H,5-13,24-25H2,1-4H3/t15-,16?,17?,18?,19?,20?,21?,22?/m0/s1. The molecule has 2 rings (SSSR count). The minimum absolute atomic E-state index is 0.0154. The first kappa shape index (κ1) is 21.7. The molecule has 2 fully saturated rings. The van der Waals surface area contributed by atoms with Crippen LogP contribution in [0, 0.1) is 40.4 Å². The molecule has 0 bridgehead atoms. The summed E-state index contributed by atoms with van der Waals surface area (Å²) < 4.78 is 0. The normalized spacial score (nSPS) is 40.5. The van der Waals surface area contributed by atoms with E-state index in [-0.39, 0.29) is 28.8 Å². The van der Waals surface area contributed by atoms with E-state index in [1.54, 1.807) is 0 Å². The number of aliphatic hydroxyl groups excluding tert-OH is 1. The van der Waals surface area contributed by atoms with Crippen molar-refractivity contribution in [1.29, 1.82) is 5.26 Å². The Morgan fingerprint density at radius 3 is 2.46 bits per heavy atom. The van der Waals surface area contributed by atoms with Crippen LogP contribution in [0.25, 0.3) is 0 Å². The largest absolute Gasteiger partial charge is 0.392 e. The molecule has 0 heterocycles. The molecule has 4 heteroatoms. The fourth-order valence-corrected chi connectivity index (χ4v) is 6.50. The highest BCUT2D eigenvalue weighted by molar-refractivity contribution is 5.20. The summed E-state index contributed by atoms with van der Waals surface area (Å²) in [6.07, 6.45) is 8.35. The van der Waals surface area contributed by atoms with Crippen LogP contribution in [0.15, 0.2) is 0 Å². The molecule has 2 saturated carbocycles. The zero-order chi connectivity index (χ0) is 19.5. The summed E-state index contributed by atoms with van der Waals surface area (Å²) in [6, 6.07) is 2.76. The quantitative estimate of drug-likeness (QED) is 0.608.